The van der Waals surface area contributed by atoms with Gasteiger partial charge in [0.25, 0.3) is 5.91 Å². The third-order valence-electron chi connectivity index (χ3n) is 4.09. The summed E-state index contributed by atoms with van der Waals surface area (Å²) >= 11 is 0. The van der Waals surface area contributed by atoms with E-state index in [1.165, 1.54) is 6.92 Å². The maximum Gasteiger partial charge on any atom is 0.251 e. The standard InChI is InChI=1S/C18H22N4O3/c1-10(2)15(18-21-16(22-25-18)12-4-5-12)20-17(24)13-6-8-14(9-7-13)19-11(3)23/h6-10,12,15H,4-5H2,1-3H3,(H,19,23)(H,20,24)/t15-/m1/s1. The molecule has 3 rings (SSSR count). The van der Waals surface area contributed by atoms with E-state index >= 15 is 0 Å². The molecular formula is C18H22N4O3. The van der Waals surface area contributed by atoms with E-state index in [1.807, 2.05) is 13.8 Å². The number of nitrogens with one attached hydrogen (secondary N) is 2. The molecule has 2 N–H and O–H groups in total. The fourth-order valence-electron chi connectivity index (χ4n) is 2.53. The lowest BCUT2D eigenvalue weighted by Gasteiger charge is -2.18. The van der Waals surface area contributed by atoms with E-state index in [0.717, 1.165) is 18.7 Å². The average Bonchev–Trinajstić information content (AvgIpc) is 3.30. The van der Waals surface area contributed by atoms with Crippen LogP contribution >= 0.6 is 0 Å². The van der Waals surface area contributed by atoms with Crippen LogP contribution in [0.5, 0.6) is 0 Å². The molecule has 7 nitrogen and oxygen atoms in total. The van der Waals surface area contributed by atoms with Crippen molar-refractivity contribution in [2.45, 2.75) is 45.6 Å². The van der Waals surface area contributed by atoms with Gasteiger partial charge >= 0.3 is 0 Å². The predicted octanol–water partition coefficient (Wildman–Crippen LogP) is 3.03. The highest BCUT2D eigenvalue weighted by Crippen LogP contribution is 2.38. The molecule has 1 atom stereocenters. The Morgan fingerprint density at radius 1 is 1.20 bits per heavy atom. The van der Waals surface area contributed by atoms with Gasteiger partial charge in [-0.2, -0.15) is 4.98 Å². The number of rotatable bonds is 6. The van der Waals surface area contributed by atoms with E-state index < -0.39 is 0 Å². The van der Waals surface area contributed by atoms with Crippen LogP contribution in [0, 0.1) is 5.92 Å². The highest BCUT2D eigenvalue weighted by atomic mass is 16.5. The molecule has 1 aromatic heterocycles. The van der Waals surface area contributed by atoms with Gasteiger partial charge < -0.3 is 15.2 Å². The quantitative estimate of drug-likeness (QED) is 0.841. The van der Waals surface area contributed by atoms with Crippen LogP contribution in [-0.2, 0) is 4.79 Å². The molecule has 0 bridgehead atoms. The lowest BCUT2D eigenvalue weighted by atomic mass is 10.0. The Balaban J connectivity index is 1.70. The first-order valence-electron chi connectivity index (χ1n) is 8.46. The Morgan fingerprint density at radius 2 is 1.88 bits per heavy atom. The molecule has 1 heterocycles. The summed E-state index contributed by atoms with van der Waals surface area (Å²) in [7, 11) is 0. The minimum absolute atomic E-state index is 0.107. The topological polar surface area (TPSA) is 97.1 Å². The Bertz CT molecular complexity index is 763. The van der Waals surface area contributed by atoms with E-state index in [2.05, 4.69) is 20.8 Å². The van der Waals surface area contributed by atoms with Crippen molar-refractivity contribution in [2.24, 2.45) is 5.92 Å². The lowest BCUT2D eigenvalue weighted by Crippen LogP contribution is -2.32. The molecule has 1 aliphatic carbocycles. The Kier molecular flexibility index (Phi) is 4.83. The average molecular weight is 342 g/mol. The van der Waals surface area contributed by atoms with Crippen molar-refractivity contribution in [3.05, 3.63) is 41.5 Å². The van der Waals surface area contributed by atoms with Crippen LogP contribution in [0.3, 0.4) is 0 Å². The van der Waals surface area contributed by atoms with Crippen molar-refractivity contribution in [1.82, 2.24) is 15.5 Å². The van der Waals surface area contributed by atoms with Crippen LogP contribution in [0.15, 0.2) is 28.8 Å². The van der Waals surface area contributed by atoms with Gasteiger partial charge in [0.15, 0.2) is 5.82 Å². The number of aromatic nitrogens is 2. The molecule has 1 fully saturated rings. The molecule has 132 valence electrons. The van der Waals surface area contributed by atoms with E-state index in [-0.39, 0.29) is 23.8 Å². The van der Waals surface area contributed by atoms with Crippen molar-refractivity contribution in [3.63, 3.8) is 0 Å². The van der Waals surface area contributed by atoms with Crippen LogP contribution in [0.2, 0.25) is 0 Å². The van der Waals surface area contributed by atoms with Crippen molar-refractivity contribution < 1.29 is 14.1 Å². The van der Waals surface area contributed by atoms with Gasteiger partial charge in [-0.1, -0.05) is 19.0 Å². The maximum absolute atomic E-state index is 12.5. The van der Waals surface area contributed by atoms with Crippen LogP contribution < -0.4 is 10.6 Å². The largest absolute Gasteiger partial charge is 0.340 e. The second kappa shape index (κ2) is 7.04. The normalized spacial score (nSPS) is 15.0. The van der Waals surface area contributed by atoms with Crippen molar-refractivity contribution in [2.75, 3.05) is 5.32 Å². The third-order valence-corrected chi connectivity index (χ3v) is 4.09. The van der Waals surface area contributed by atoms with E-state index in [4.69, 9.17) is 4.52 Å². The highest BCUT2D eigenvalue weighted by Gasteiger charge is 2.31. The number of anilines is 1. The predicted molar refractivity (Wildman–Crippen MR) is 92.1 cm³/mol. The number of hydrogen-bond acceptors (Lipinski definition) is 5. The van der Waals surface area contributed by atoms with Crippen LogP contribution in [0.4, 0.5) is 5.69 Å². The molecule has 2 aromatic rings. The van der Waals surface area contributed by atoms with Gasteiger partial charge in [0, 0.05) is 24.1 Å². The number of carbonyl (C=O) groups excluding carboxylic acids is 2. The Hall–Kier alpha value is -2.70. The summed E-state index contributed by atoms with van der Waals surface area (Å²) in [6, 6.07) is 6.38. The molecule has 0 radical (unpaired) electrons. The van der Waals surface area contributed by atoms with Crippen molar-refractivity contribution in [3.8, 4) is 0 Å². The second-order valence-corrected chi connectivity index (χ2v) is 6.72. The highest BCUT2D eigenvalue weighted by molar-refractivity contribution is 5.95. The van der Waals surface area contributed by atoms with Gasteiger partial charge in [-0.15, -0.1) is 0 Å². The summed E-state index contributed by atoms with van der Waals surface area (Å²) in [6.07, 6.45) is 2.19. The number of benzene rings is 1. The van der Waals surface area contributed by atoms with E-state index in [9.17, 15) is 9.59 Å². The first-order valence-corrected chi connectivity index (χ1v) is 8.46. The molecule has 25 heavy (non-hydrogen) atoms. The maximum atomic E-state index is 12.5. The minimum Gasteiger partial charge on any atom is -0.340 e. The Morgan fingerprint density at radius 3 is 2.44 bits per heavy atom. The molecule has 0 aliphatic heterocycles. The SMILES string of the molecule is CC(=O)Nc1ccc(C(=O)N[C@@H](c2nc(C3CC3)no2)C(C)C)cc1. The van der Waals surface area contributed by atoms with Crippen LogP contribution in [0.1, 0.15) is 67.6 Å². The smallest absolute Gasteiger partial charge is 0.251 e. The van der Waals surface area contributed by atoms with Crippen LogP contribution in [-0.4, -0.2) is 22.0 Å². The van der Waals surface area contributed by atoms with Gasteiger partial charge in [-0.25, -0.2) is 0 Å². The molecule has 1 aliphatic rings. The first kappa shape index (κ1) is 17.1. The Labute approximate surface area is 146 Å². The summed E-state index contributed by atoms with van der Waals surface area (Å²) in [5, 5.41) is 9.65. The lowest BCUT2D eigenvalue weighted by molar-refractivity contribution is -0.114. The molecule has 7 heteroatoms. The van der Waals surface area contributed by atoms with Gasteiger partial charge in [0.05, 0.1) is 0 Å². The van der Waals surface area contributed by atoms with Gasteiger partial charge in [0.1, 0.15) is 6.04 Å². The van der Waals surface area contributed by atoms with Crippen molar-refractivity contribution in [1.29, 1.82) is 0 Å². The monoisotopic (exact) mass is 342 g/mol. The fourth-order valence-corrected chi connectivity index (χ4v) is 2.53. The van der Waals surface area contributed by atoms with Gasteiger partial charge in [0.2, 0.25) is 11.8 Å². The summed E-state index contributed by atoms with van der Waals surface area (Å²) in [5.74, 6) is 1.31. The molecular weight excluding hydrogens is 320 g/mol. The number of nitrogens with zero attached hydrogens (tertiary/aromatic N) is 2. The van der Waals surface area contributed by atoms with Gasteiger partial charge in [-0.3, -0.25) is 9.59 Å². The van der Waals surface area contributed by atoms with E-state index in [0.29, 0.717) is 23.1 Å². The second-order valence-electron chi connectivity index (χ2n) is 6.72. The zero-order valence-corrected chi connectivity index (χ0v) is 14.6. The molecule has 1 aromatic carbocycles. The minimum atomic E-state index is -0.345. The molecule has 1 saturated carbocycles. The first-order chi connectivity index (χ1) is 11.9. The summed E-state index contributed by atoms with van der Waals surface area (Å²) < 4.78 is 5.37. The molecule has 0 unspecified atom stereocenters. The summed E-state index contributed by atoms with van der Waals surface area (Å²) in [6.45, 7) is 5.42. The van der Waals surface area contributed by atoms with Crippen LogP contribution in [0.25, 0.3) is 0 Å². The third kappa shape index (κ3) is 4.23. The molecule has 0 saturated heterocycles. The summed E-state index contributed by atoms with van der Waals surface area (Å²) in [5.41, 5.74) is 1.15. The molecule has 2 amide bonds. The number of amides is 2. The number of carbonyl (C=O) groups is 2. The van der Waals surface area contributed by atoms with Gasteiger partial charge in [-0.05, 0) is 43.0 Å². The zero-order valence-electron chi connectivity index (χ0n) is 14.6. The fraction of sp³-hybridized carbons (Fsp3) is 0.444. The van der Waals surface area contributed by atoms with Crippen molar-refractivity contribution >= 4 is 17.5 Å². The molecule has 0 spiro atoms. The zero-order chi connectivity index (χ0) is 18.0. The van der Waals surface area contributed by atoms with E-state index in [1.54, 1.807) is 24.3 Å². The number of hydrogen-bond donors (Lipinski definition) is 2. The summed E-state index contributed by atoms with van der Waals surface area (Å²) in [4.78, 5) is 28.0.